The van der Waals surface area contributed by atoms with Crippen molar-refractivity contribution in [2.24, 2.45) is 0 Å². The van der Waals surface area contributed by atoms with Crippen LogP contribution in [0.15, 0.2) is 35.1 Å². The average Bonchev–Trinajstić information content (AvgIpc) is 3.02. The van der Waals surface area contributed by atoms with Gasteiger partial charge in [-0.25, -0.2) is 9.78 Å². The molecule has 7 heteroatoms. The van der Waals surface area contributed by atoms with E-state index in [2.05, 4.69) is 31.2 Å². The molecule has 0 fully saturated rings. The molecule has 3 aromatic heterocycles. The van der Waals surface area contributed by atoms with Crippen LogP contribution in [0.5, 0.6) is 0 Å². The maximum absolute atomic E-state index is 11.9. The van der Waals surface area contributed by atoms with Crippen LogP contribution in [0.3, 0.4) is 0 Å². The van der Waals surface area contributed by atoms with Crippen LogP contribution in [0, 0.1) is 0 Å². The zero-order chi connectivity index (χ0) is 16.6. The molecule has 0 aromatic carbocycles. The van der Waals surface area contributed by atoms with E-state index < -0.39 is 11.7 Å². The average molecular weight is 394 g/mol. The molecule has 1 amide bonds. The van der Waals surface area contributed by atoms with Crippen LogP contribution in [-0.4, -0.2) is 21.7 Å². The number of aromatic amines is 1. The summed E-state index contributed by atoms with van der Waals surface area (Å²) in [4.78, 5) is 20.3. The maximum atomic E-state index is 11.9. The van der Waals surface area contributed by atoms with Gasteiger partial charge in [-0.3, -0.25) is 5.32 Å². The van der Waals surface area contributed by atoms with Gasteiger partial charge in [-0.05, 0) is 54.9 Å². The summed E-state index contributed by atoms with van der Waals surface area (Å²) < 4.78 is 6.20. The predicted octanol–water partition coefficient (Wildman–Crippen LogP) is 5.40. The van der Waals surface area contributed by atoms with Gasteiger partial charge in [0.1, 0.15) is 11.2 Å². The first-order chi connectivity index (χ1) is 10.8. The highest BCUT2D eigenvalue weighted by molar-refractivity contribution is 9.10. The molecule has 2 N–H and O–H groups in total. The first-order valence-electron chi connectivity index (χ1n) is 7.05. The Hall–Kier alpha value is -1.86. The number of aromatic nitrogens is 2. The molecule has 3 rings (SSSR count). The molecule has 3 heterocycles. The van der Waals surface area contributed by atoms with Gasteiger partial charge in [-0.15, -0.1) is 11.3 Å². The van der Waals surface area contributed by atoms with Gasteiger partial charge >= 0.3 is 6.09 Å². The third-order valence-corrected chi connectivity index (χ3v) is 4.99. The van der Waals surface area contributed by atoms with Gasteiger partial charge in [0, 0.05) is 27.8 Å². The number of thiophene rings is 1. The van der Waals surface area contributed by atoms with Gasteiger partial charge in [0.2, 0.25) is 0 Å². The molecular weight excluding hydrogens is 378 g/mol. The van der Waals surface area contributed by atoms with Crippen LogP contribution in [0.1, 0.15) is 20.8 Å². The molecule has 0 aliphatic rings. The molecule has 120 valence electrons. The lowest BCUT2D eigenvalue weighted by Gasteiger charge is -2.19. The minimum Gasteiger partial charge on any atom is -0.444 e. The van der Waals surface area contributed by atoms with Crippen LogP contribution in [0.25, 0.3) is 21.5 Å². The lowest BCUT2D eigenvalue weighted by molar-refractivity contribution is 0.0636. The Bertz CT molecular complexity index is 864. The Labute approximate surface area is 146 Å². The summed E-state index contributed by atoms with van der Waals surface area (Å²) in [6, 6.07) is 5.83. The number of pyridine rings is 1. The number of carbonyl (C=O) groups excluding carboxylic acids is 1. The zero-order valence-electron chi connectivity index (χ0n) is 12.9. The summed E-state index contributed by atoms with van der Waals surface area (Å²) in [7, 11) is 0. The fourth-order valence-electron chi connectivity index (χ4n) is 2.18. The molecular formula is C16H16BrN3O2S. The largest absolute Gasteiger partial charge is 0.444 e. The molecule has 0 saturated carbocycles. The molecule has 0 aliphatic carbocycles. The number of nitrogens with zero attached hydrogens (tertiary/aromatic N) is 1. The lowest BCUT2D eigenvalue weighted by Crippen LogP contribution is -2.26. The van der Waals surface area contributed by atoms with E-state index >= 15 is 0 Å². The quantitative estimate of drug-likeness (QED) is 0.612. The van der Waals surface area contributed by atoms with Crippen LogP contribution in [0.2, 0.25) is 0 Å². The molecule has 0 atom stereocenters. The van der Waals surface area contributed by atoms with Gasteiger partial charge in [-0.2, -0.15) is 0 Å². The number of amides is 1. The van der Waals surface area contributed by atoms with Crippen molar-refractivity contribution in [2.45, 2.75) is 26.4 Å². The Morgan fingerprint density at radius 3 is 2.91 bits per heavy atom. The van der Waals surface area contributed by atoms with Crippen LogP contribution in [0.4, 0.5) is 9.80 Å². The standard InChI is InChI=1S/C16H16BrN3O2S/c1-16(2,3)22-15(21)20-12-8-11(17)13(23-12)9-4-6-18-14-10(9)5-7-19-14/h4-8H,1-3H3,(H,18,19)(H,20,21). The normalized spacial score (nSPS) is 11.7. The second-order valence-corrected chi connectivity index (χ2v) is 7.92. The summed E-state index contributed by atoms with van der Waals surface area (Å²) in [6.07, 6.45) is 3.17. The Morgan fingerprint density at radius 1 is 1.39 bits per heavy atom. The number of H-pyrrole nitrogens is 1. The van der Waals surface area contributed by atoms with Crippen molar-refractivity contribution < 1.29 is 9.53 Å². The highest BCUT2D eigenvalue weighted by atomic mass is 79.9. The minimum atomic E-state index is -0.524. The number of anilines is 1. The van der Waals surface area contributed by atoms with Crippen LogP contribution in [-0.2, 0) is 4.74 Å². The number of ether oxygens (including phenoxy) is 1. The molecule has 0 bridgehead atoms. The molecule has 23 heavy (non-hydrogen) atoms. The molecule has 0 spiro atoms. The number of hydrogen-bond donors (Lipinski definition) is 2. The summed E-state index contributed by atoms with van der Waals surface area (Å²) >= 11 is 5.05. The van der Waals surface area contributed by atoms with Gasteiger partial charge in [0.25, 0.3) is 0 Å². The van der Waals surface area contributed by atoms with Crippen molar-refractivity contribution in [3.63, 3.8) is 0 Å². The number of rotatable bonds is 2. The van der Waals surface area contributed by atoms with E-state index in [9.17, 15) is 4.79 Å². The fourth-order valence-corrected chi connectivity index (χ4v) is 3.99. The van der Waals surface area contributed by atoms with E-state index in [0.29, 0.717) is 0 Å². The van der Waals surface area contributed by atoms with Gasteiger partial charge in [0.05, 0.1) is 9.88 Å². The van der Waals surface area contributed by atoms with E-state index in [1.807, 2.05) is 45.2 Å². The highest BCUT2D eigenvalue weighted by Crippen LogP contribution is 2.41. The molecule has 0 unspecified atom stereocenters. The van der Waals surface area contributed by atoms with E-state index in [1.165, 1.54) is 11.3 Å². The van der Waals surface area contributed by atoms with Gasteiger partial charge < -0.3 is 9.72 Å². The van der Waals surface area contributed by atoms with Crippen molar-refractivity contribution >= 4 is 49.4 Å². The zero-order valence-corrected chi connectivity index (χ0v) is 15.3. The summed E-state index contributed by atoms with van der Waals surface area (Å²) in [5.74, 6) is 0. The summed E-state index contributed by atoms with van der Waals surface area (Å²) in [5, 5.41) is 4.54. The second kappa shape index (κ2) is 5.98. The van der Waals surface area contributed by atoms with E-state index in [1.54, 1.807) is 6.20 Å². The Kier molecular flexibility index (Phi) is 4.16. The van der Waals surface area contributed by atoms with Crippen molar-refractivity contribution in [1.82, 2.24) is 9.97 Å². The van der Waals surface area contributed by atoms with E-state index in [4.69, 9.17) is 4.74 Å². The van der Waals surface area contributed by atoms with Gasteiger partial charge in [-0.1, -0.05) is 0 Å². The number of hydrogen-bond acceptors (Lipinski definition) is 4. The molecule has 0 aliphatic heterocycles. The third-order valence-electron chi connectivity index (χ3n) is 3.02. The number of fused-ring (bicyclic) bond motifs is 1. The number of halogens is 1. The van der Waals surface area contributed by atoms with Crippen molar-refractivity contribution in [2.75, 3.05) is 5.32 Å². The Balaban J connectivity index is 1.90. The van der Waals surface area contributed by atoms with Crippen molar-refractivity contribution in [1.29, 1.82) is 0 Å². The van der Waals surface area contributed by atoms with Gasteiger partial charge in [0.15, 0.2) is 0 Å². The number of nitrogens with one attached hydrogen (secondary N) is 2. The molecule has 0 saturated heterocycles. The van der Waals surface area contributed by atoms with Crippen LogP contribution >= 0.6 is 27.3 Å². The van der Waals surface area contributed by atoms with Crippen molar-refractivity contribution in [3.05, 3.63) is 35.1 Å². The molecule has 0 radical (unpaired) electrons. The van der Waals surface area contributed by atoms with E-state index in [-0.39, 0.29) is 0 Å². The summed E-state index contributed by atoms with van der Waals surface area (Å²) in [5.41, 5.74) is 1.37. The number of carbonyl (C=O) groups is 1. The molecule has 5 nitrogen and oxygen atoms in total. The van der Waals surface area contributed by atoms with Crippen molar-refractivity contribution in [3.8, 4) is 10.4 Å². The smallest absolute Gasteiger partial charge is 0.412 e. The third kappa shape index (κ3) is 3.56. The Morgan fingerprint density at radius 2 is 2.17 bits per heavy atom. The lowest BCUT2D eigenvalue weighted by atomic mass is 10.1. The maximum Gasteiger partial charge on any atom is 0.412 e. The summed E-state index contributed by atoms with van der Waals surface area (Å²) in [6.45, 7) is 5.51. The second-order valence-electron chi connectivity index (χ2n) is 6.01. The van der Waals surface area contributed by atoms with Crippen LogP contribution < -0.4 is 5.32 Å². The monoisotopic (exact) mass is 393 g/mol. The first-order valence-corrected chi connectivity index (χ1v) is 8.66. The predicted molar refractivity (Wildman–Crippen MR) is 97.0 cm³/mol. The highest BCUT2D eigenvalue weighted by Gasteiger charge is 2.18. The SMILES string of the molecule is CC(C)(C)OC(=O)Nc1cc(Br)c(-c2ccnc3[nH]ccc23)s1. The fraction of sp³-hybridized carbons (Fsp3) is 0.250. The first kappa shape index (κ1) is 16.0. The molecule has 3 aromatic rings. The topological polar surface area (TPSA) is 67.0 Å². The van der Waals surface area contributed by atoms with E-state index in [0.717, 1.165) is 30.9 Å². The minimum absolute atomic E-state index is 0.459.